The van der Waals surface area contributed by atoms with E-state index in [4.69, 9.17) is 0 Å². The maximum absolute atomic E-state index is 2.67. The van der Waals surface area contributed by atoms with Crippen LogP contribution >= 0.6 is 0 Å². The molecular formula is C68H65BN2. The van der Waals surface area contributed by atoms with Crippen LogP contribution in [0.25, 0.3) is 54.2 Å². The number of anilines is 6. The summed E-state index contributed by atoms with van der Waals surface area (Å²) >= 11 is 0. The SMILES string of the molecule is CC(C)(C)c1cc(N2c3cc(-c4ccc5c(ccc6ccccc65)c4)cc4c3B(c3ccc5ccccc5c32)c2ccc3ccccc3c2N4c2cc(C(C)(C)C)cc(C(C)(C)C)c2)cc(C(C)(C)C)c1. The van der Waals surface area contributed by atoms with E-state index in [1.807, 2.05) is 0 Å². The van der Waals surface area contributed by atoms with Crippen LogP contribution in [0.5, 0.6) is 0 Å². The number of hydrogen-bond donors (Lipinski definition) is 0. The quantitative estimate of drug-likeness (QED) is 0.129. The van der Waals surface area contributed by atoms with E-state index in [1.165, 1.54) is 127 Å². The molecule has 0 spiro atoms. The summed E-state index contributed by atoms with van der Waals surface area (Å²) in [6, 6.07) is 68.2. The fourth-order valence-corrected chi connectivity index (χ4v) is 11.6. The molecule has 0 saturated heterocycles. The van der Waals surface area contributed by atoms with Gasteiger partial charge in [-0.2, -0.15) is 0 Å². The molecule has 2 heterocycles. The lowest BCUT2D eigenvalue weighted by molar-refractivity contribution is 0.568. The molecule has 3 heteroatoms. The zero-order chi connectivity index (χ0) is 49.5. The Hall–Kier alpha value is -7.10. The summed E-state index contributed by atoms with van der Waals surface area (Å²) in [5, 5.41) is 10.1. The van der Waals surface area contributed by atoms with Gasteiger partial charge in [-0.25, -0.2) is 0 Å². The standard InChI is InChI=1S/C68H65BN2/c1-65(2,3)48-36-49(66(4,5)6)39-52(38-48)70-60-34-47(45-27-30-55-46(33-45)26-25-42-19-13-16-22-54(42)55)35-61-62(60)69(58-31-28-43-20-14-17-23-56(43)63(58)70)59-32-29-44-21-15-18-24-57(44)64(59)71(61)53-40-50(67(7,8)9)37-51(41-53)68(10,11)12/h13-41H,1-12H3. The molecule has 0 radical (unpaired) electrons. The number of benzene rings is 10. The summed E-state index contributed by atoms with van der Waals surface area (Å²) in [4.78, 5) is 5.35. The molecule has 0 fully saturated rings. The van der Waals surface area contributed by atoms with Crippen molar-refractivity contribution in [2.45, 2.75) is 105 Å². The van der Waals surface area contributed by atoms with Crippen molar-refractivity contribution >= 4 is 100 Å². The van der Waals surface area contributed by atoms with E-state index < -0.39 is 0 Å². The molecule has 0 N–H and O–H groups in total. The summed E-state index contributed by atoms with van der Waals surface area (Å²) in [7, 11) is 0. The number of hydrogen-bond acceptors (Lipinski definition) is 2. The van der Waals surface area contributed by atoms with Gasteiger partial charge >= 0.3 is 0 Å². The minimum Gasteiger partial charge on any atom is -0.311 e. The molecule has 10 aromatic rings. The fourth-order valence-electron chi connectivity index (χ4n) is 11.6. The van der Waals surface area contributed by atoms with Crippen molar-refractivity contribution in [1.29, 1.82) is 0 Å². The van der Waals surface area contributed by atoms with Crippen molar-refractivity contribution in [1.82, 2.24) is 0 Å². The van der Waals surface area contributed by atoms with Crippen LogP contribution in [-0.2, 0) is 21.7 Å². The first-order valence-electron chi connectivity index (χ1n) is 25.8. The zero-order valence-electron chi connectivity index (χ0n) is 43.7. The van der Waals surface area contributed by atoms with Crippen LogP contribution in [-0.4, -0.2) is 6.71 Å². The molecular weight excluding hydrogens is 856 g/mol. The molecule has 0 bridgehead atoms. The summed E-state index contributed by atoms with van der Waals surface area (Å²) in [5.74, 6) is 0. The van der Waals surface area contributed by atoms with E-state index in [-0.39, 0.29) is 28.4 Å². The van der Waals surface area contributed by atoms with Gasteiger partial charge in [0.1, 0.15) is 0 Å². The molecule has 2 aliphatic heterocycles. The van der Waals surface area contributed by atoms with Crippen LogP contribution in [0.4, 0.5) is 34.1 Å². The van der Waals surface area contributed by atoms with Crippen LogP contribution < -0.4 is 26.2 Å². The van der Waals surface area contributed by atoms with Crippen LogP contribution in [0.15, 0.2) is 176 Å². The Bertz CT molecular complexity index is 3580. The average molecular weight is 921 g/mol. The Morgan fingerprint density at radius 3 is 1.11 bits per heavy atom. The Morgan fingerprint density at radius 2 is 0.676 bits per heavy atom. The highest BCUT2D eigenvalue weighted by atomic mass is 15.2. The molecule has 0 aliphatic carbocycles. The first-order valence-corrected chi connectivity index (χ1v) is 25.8. The number of nitrogens with zero attached hydrogens (tertiary/aromatic N) is 2. The van der Waals surface area contributed by atoms with Crippen LogP contribution in [0.1, 0.15) is 105 Å². The van der Waals surface area contributed by atoms with Gasteiger partial charge in [0, 0.05) is 44.9 Å². The molecule has 0 atom stereocenters. The van der Waals surface area contributed by atoms with Gasteiger partial charge in [-0.1, -0.05) is 217 Å². The molecule has 0 aromatic heterocycles. The van der Waals surface area contributed by atoms with Gasteiger partial charge in [-0.15, -0.1) is 0 Å². The molecule has 0 unspecified atom stereocenters. The maximum atomic E-state index is 2.67. The largest absolute Gasteiger partial charge is 0.311 e. The second-order valence-corrected chi connectivity index (χ2v) is 24.7. The second kappa shape index (κ2) is 15.7. The molecule has 71 heavy (non-hydrogen) atoms. The third-order valence-electron chi connectivity index (χ3n) is 15.7. The van der Waals surface area contributed by atoms with Crippen LogP contribution in [0.3, 0.4) is 0 Å². The highest BCUT2D eigenvalue weighted by Gasteiger charge is 2.45. The van der Waals surface area contributed by atoms with Gasteiger partial charge in [0.05, 0.1) is 0 Å². The lowest BCUT2D eigenvalue weighted by Gasteiger charge is -2.46. The minimum atomic E-state index is -0.0773. The van der Waals surface area contributed by atoms with E-state index in [9.17, 15) is 0 Å². The molecule has 2 nitrogen and oxygen atoms in total. The van der Waals surface area contributed by atoms with Gasteiger partial charge < -0.3 is 9.80 Å². The number of fused-ring (bicyclic) bond motifs is 11. The summed E-state index contributed by atoms with van der Waals surface area (Å²) in [6.07, 6.45) is 0. The molecule has 0 saturated carbocycles. The van der Waals surface area contributed by atoms with Gasteiger partial charge in [0.25, 0.3) is 6.71 Å². The molecule has 12 rings (SSSR count). The molecule has 10 aromatic carbocycles. The van der Waals surface area contributed by atoms with E-state index in [1.54, 1.807) is 0 Å². The van der Waals surface area contributed by atoms with Gasteiger partial charge in [-0.05, 0) is 146 Å². The van der Waals surface area contributed by atoms with E-state index >= 15 is 0 Å². The first-order chi connectivity index (χ1) is 33.7. The second-order valence-electron chi connectivity index (χ2n) is 24.7. The van der Waals surface area contributed by atoms with Crippen molar-refractivity contribution in [3.05, 3.63) is 198 Å². The van der Waals surface area contributed by atoms with E-state index in [0.717, 1.165) is 0 Å². The molecule has 350 valence electrons. The fraction of sp³-hybridized carbons (Fsp3) is 0.235. The van der Waals surface area contributed by atoms with Crippen LogP contribution in [0, 0.1) is 0 Å². The third-order valence-corrected chi connectivity index (χ3v) is 15.7. The van der Waals surface area contributed by atoms with E-state index in [0.29, 0.717) is 0 Å². The van der Waals surface area contributed by atoms with Gasteiger partial charge in [-0.3, -0.25) is 0 Å². The predicted molar refractivity (Wildman–Crippen MR) is 311 cm³/mol. The third kappa shape index (κ3) is 7.37. The van der Waals surface area contributed by atoms with Crippen molar-refractivity contribution in [3.8, 4) is 11.1 Å². The molecule has 0 amide bonds. The highest BCUT2D eigenvalue weighted by molar-refractivity contribution is 7.00. The Balaban J connectivity index is 1.27. The Labute approximate surface area is 422 Å². The predicted octanol–water partition coefficient (Wildman–Crippen LogP) is 17.2. The lowest BCUT2D eigenvalue weighted by atomic mass is 9.33. The van der Waals surface area contributed by atoms with Gasteiger partial charge in [0.2, 0.25) is 0 Å². The van der Waals surface area contributed by atoms with Crippen molar-refractivity contribution in [2.75, 3.05) is 9.80 Å². The van der Waals surface area contributed by atoms with E-state index in [2.05, 4.69) is 269 Å². The summed E-state index contributed by atoms with van der Waals surface area (Å²) in [6.45, 7) is 28.3. The maximum Gasteiger partial charge on any atom is 0.252 e. The minimum absolute atomic E-state index is 0.0375. The monoisotopic (exact) mass is 921 g/mol. The Morgan fingerprint density at radius 1 is 0.310 bits per heavy atom. The van der Waals surface area contributed by atoms with Gasteiger partial charge in [0.15, 0.2) is 0 Å². The summed E-state index contributed by atoms with van der Waals surface area (Å²) in [5.41, 5.74) is 18.8. The Kier molecular flexibility index (Phi) is 9.97. The zero-order valence-corrected chi connectivity index (χ0v) is 43.7. The lowest BCUT2D eigenvalue weighted by Crippen LogP contribution is -2.61. The average Bonchev–Trinajstić information content (AvgIpc) is 3.34. The van der Waals surface area contributed by atoms with Crippen molar-refractivity contribution in [3.63, 3.8) is 0 Å². The molecule has 2 aliphatic rings. The number of rotatable bonds is 3. The van der Waals surface area contributed by atoms with Crippen molar-refractivity contribution in [2.24, 2.45) is 0 Å². The smallest absolute Gasteiger partial charge is 0.252 e. The van der Waals surface area contributed by atoms with Crippen molar-refractivity contribution < 1.29 is 0 Å². The topological polar surface area (TPSA) is 6.48 Å². The first kappa shape index (κ1) is 45.1. The normalized spacial score (nSPS) is 13.8. The van der Waals surface area contributed by atoms with Crippen LogP contribution in [0.2, 0.25) is 0 Å². The summed E-state index contributed by atoms with van der Waals surface area (Å²) < 4.78 is 0. The highest BCUT2D eigenvalue weighted by Crippen LogP contribution is 2.51.